The second kappa shape index (κ2) is 5.98. The van der Waals surface area contributed by atoms with Crippen LogP contribution < -0.4 is 11.3 Å². The van der Waals surface area contributed by atoms with E-state index in [9.17, 15) is 9.59 Å². The maximum Gasteiger partial charge on any atom is 0.350 e. The van der Waals surface area contributed by atoms with E-state index in [1.54, 1.807) is 4.57 Å². The van der Waals surface area contributed by atoms with Crippen LogP contribution in [-0.4, -0.2) is 17.6 Å². The molecule has 0 amide bonds. The third kappa shape index (κ3) is 2.32. The molecular weight excluding hydrogens is 424 g/mol. The Morgan fingerprint density at radius 3 is 2.76 bits per heavy atom. The van der Waals surface area contributed by atoms with Crippen molar-refractivity contribution in [2.75, 3.05) is 12.8 Å². The fourth-order valence-corrected chi connectivity index (χ4v) is 5.27. The minimum absolute atomic E-state index is 0.137. The van der Waals surface area contributed by atoms with Crippen LogP contribution in [0.25, 0.3) is 26.0 Å². The van der Waals surface area contributed by atoms with Crippen molar-refractivity contribution in [2.24, 2.45) is 0 Å². The second-order valence-electron chi connectivity index (χ2n) is 5.27. The molecule has 0 atom stereocenters. The summed E-state index contributed by atoms with van der Waals surface area (Å²) in [5.41, 5.74) is 7.17. The molecule has 0 aliphatic heterocycles. The summed E-state index contributed by atoms with van der Waals surface area (Å²) >= 11 is 6.03. The molecular formula is C17H11BrN2O3S2. The fourth-order valence-electron chi connectivity index (χ4n) is 2.81. The number of nitrogens with zero attached hydrogens (tertiary/aromatic N) is 1. The summed E-state index contributed by atoms with van der Waals surface area (Å²) in [6, 6.07) is 9.30. The Kier molecular flexibility index (Phi) is 3.90. The third-order valence-electron chi connectivity index (χ3n) is 3.93. The number of fused-ring (bicyclic) bond motifs is 3. The third-order valence-corrected chi connectivity index (χ3v) is 6.67. The van der Waals surface area contributed by atoms with Gasteiger partial charge in [-0.1, -0.05) is 12.1 Å². The van der Waals surface area contributed by atoms with E-state index in [1.165, 1.54) is 29.8 Å². The van der Waals surface area contributed by atoms with Gasteiger partial charge in [0.05, 0.1) is 18.5 Å². The maximum atomic E-state index is 13.1. The summed E-state index contributed by atoms with van der Waals surface area (Å²) < 4.78 is 7.82. The molecule has 4 rings (SSSR count). The van der Waals surface area contributed by atoms with Crippen LogP contribution in [0.15, 0.2) is 45.0 Å². The van der Waals surface area contributed by atoms with Crippen LogP contribution in [0, 0.1) is 0 Å². The zero-order valence-corrected chi connectivity index (χ0v) is 16.1. The maximum absolute atomic E-state index is 13.1. The number of ether oxygens (including phenoxy) is 1. The largest absolute Gasteiger partial charge is 0.465 e. The van der Waals surface area contributed by atoms with Crippen LogP contribution in [0.3, 0.4) is 0 Å². The van der Waals surface area contributed by atoms with Crippen molar-refractivity contribution in [3.63, 3.8) is 0 Å². The second-order valence-corrected chi connectivity index (χ2v) is 8.04. The fraction of sp³-hybridized carbons (Fsp3) is 0.0588. The molecule has 0 bridgehead atoms. The lowest BCUT2D eigenvalue weighted by Gasteiger charge is -2.10. The molecule has 3 aromatic heterocycles. The first-order chi connectivity index (χ1) is 12.0. The first kappa shape index (κ1) is 16.3. The number of nitrogens with two attached hydrogens (primary N) is 1. The van der Waals surface area contributed by atoms with Gasteiger partial charge in [-0.3, -0.25) is 9.36 Å². The Hall–Kier alpha value is -2.16. The molecule has 8 heteroatoms. The van der Waals surface area contributed by atoms with Crippen molar-refractivity contribution in [3.05, 3.63) is 55.4 Å². The highest BCUT2D eigenvalue weighted by atomic mass is 79.9. The van der Waals surface area contributed by atoms with E-state index >= 15 is 0 Å². The molecule has 0 aliphatic carbocycles. The summed E-state index contributed by atoms with van der Waals surface area (Å²) in [7, 11) is 1.31. The average Bonchev–Trinajstić information content (AvgIpc) is 3.21. The molecule has 0 radical (unpaired) electrons. The van der Waals surface area contributed by atoms with Crippen LogP contribution in [0.2, 0.25) is 0 Å². The molecule has 2 N–H and O–H groups in total. The molecule has 0 saturated carbocycles. The van der Waals surface area contributed by atoms with Crippen molar-refractivity contribution >= 4 is 70.6 Å². The number of hydrogen-bond acceptors (Lipinski definition) is 6. The van der Waals surface area contributed by atoms with Crippen molar-refractivity contribution in [3.8, 4) is 5.69 Å². The minimum Gasteiger partial charge on any atom is -0.465 e. The monoisotopic (exact) mass is 434 g/mol. The lowest BCUT2D eigenvalue weighted by atomic mass is 10.2. The van der Waals surface area contributed by atoms with Gasteiger partial charge in [0.25, 0.3) is 5.56 Å². The molecule has 0 spiro atoms. The molecule has 1 aromatic carbocycles. The van der Waals surface area contributed by atoms with Crippen LogP contribution in [0.5, 0.6) is 0 Å². The normalized spacial score (nSPS) is 11.3. The first-order valence-corrected chi connectivity index (χ1v) is 9.71. The number of carbonyl (C=O) groups excluding carboxylic acids is 1. The Bertz CT molecular complexity index is 1210. The van der Waals surface area contributed by atoms with Gasteiger partial charge in [0, 0.05) is 15.2 Å². The van der Waals surface area contributed by atoms with Gasteiger partial charge in [-0.15, -0.1) is 22.7 Å². The van der Waals surface area contributed by atoms with Crippen LogP contribution in [-0.2, 0) is 4.74 Å². The highest BCUT2D eigenvalue weighted by molar-refractivity contribution is 9.10. The molecule has 0 aliphatic rings. The highest BCUT2D eigenvalue weighted by Gasteiger charge is 2.24. The Balaban J connectivity index is 2.25. The van der Waals surface area contributed by atoms with E-state index in [2.05, 4.69) is 15.9 Å². The molecule has 0 fully saturated rings. The number of pyridine rings is 1. The predicted octanol–water partition coefficient (Wildman–Crippen LogP) is 4.40. The van der Waals surface area contributed by atoms with Gasteiger partial charge in [-0.2, -0.15) is 0 Å². The molecule has 0 unspecified atom stereocenters. The number of anilines is 1. The summed E-state index contributed by atoms with van der Waals surface area (Å²) in [6.07, 6.45) is 0. The van der Waals surface area contributed by atoms with Gasteiger partial charge in [0.15, 0.2) is 0 Å². The van der Waals surface area contributed by atoms with Gasteiger partial charge in [0.1, 0.15) is 14.4 Å². The molecule has 0 saturated heterocycles. The van der Waals surface area contributed by atoms with E-state index in [0.29, 0.717) is 31.2 Å². The Morgan fingerprint density at radius 1 is 1.28 bits per heavy atom. The molecule has 3 heterocycles. The Labute approximate surface area is 158 Å². The van der Waals surface area contributed by atoms with Crippen molar-refractivity contribution < 1.29 is 9.53 Å². The van der Waals surface area contributed by atoms with Gasteiger partial charge in [0.2, 0.25) is 0 Å². The Morgan fingerprint density at radius 2 is 2.04 bits per heavy atom. The van der Waals surface area contributed by atoms with Gasteiger partial charge < -0.3 is 10.5 Å². The summed E-state index contributed by atoms with van der Waals surface area (Å²) in [5, 5.41) is 3.32. The van der Waals surface area contributed by atoms with Crippen molar-refractivity contribution in [1.82, 2.24) is 4.57 Å². The van der Waals surface area contributed by atoms with Gasteiger partial charge in [-0.05, 0) is 39.5 Å². The number of hydrogen-bond donors (Lipinski definition) is 1. The lowest BCUT2D eigenvalue weighted by Crippen LogP contribution is -2.17. The van der Waals surface area contributed by atoms with E-state index in [4.69, 9.17) is 10.5 Å². The van der Waals surface area contributed by atoms with E-state index in [0.717, 1.165) is 9.86 Å². The van der Waals surface area contributed by atoms with E-state index < -0.39 is 5.97 Å². The predicted molar refractivity (Wildman–Crippen MR) is 106 cm³/mol. The van der Waals surface area contributed by atoms with E-state index in [-0.39, 0.29) is 5.56 Å². The highest BCUT2D eigenvalue weighted by Crippen LogP contribution is 2.40. The lowest BCUT2D eigenvalue weighted by molar-refractivity contribution is 0.0607. The quantitative estimate of drug-likeness (QED) is 0.474. The van der Waals surface area contributed by atoms with E-state index in [1.807, 2.05) is 35.7 Å². The zero-order valence-electron chi connectivity index (χ0n) is 12.9. The van der Waals surface area contributed by atoms with Crippen molar-refractivity contribution in [2.45, 2.75) is 0 Å². The molecule has 126 valence electrons. The van der Waals surface area contributed by atoms with Crippen LogP contribution in [0.1, 0.15) is 9.67 Å². The number of benzene rings is 1. The average molecular weight is 435 g/mol. The number of nitrogen functional groups attached to an aromatic ring is 1. The number of methoxy groups -OCH3 is 1. The molecule has 4 aromatic rings. The topological polar surface area (TPSA) is 74.3 Å². The smallest absolute Gasteiger partial charge is 0.350 e. The number of aromatic nitrogens is 1. The standard InChI is InChI=1S/C17H11BrN2O3S2/c1-23-17(22)14-12(19)11-8-6-7-24-13(8)15(21)20(16(11)25-14)10-5-3-2-4-9(10)18/h2-7H,19H2,1H3. The van der Waals surface area contributed by atoms with Gasteiger partial charge >= 0.3 is 5.97 Å². The van der Waals surface area contributed by atoms with Crippen LogP contribution >= 0.6 is 38.6 Å². The summed E-state index contributed by atoms with van der Waals surface area (Å²) in [4.78, 5) is 26.1. The summed E-state index contributed by atoms with van der Waals surface area (Å²) in [5.74, 6) is -0.506. The minimum atomic E-state index is -0.506. The number of thiophene rings is 2. The number of rotatable bonds is 2. The number of para-hydroxylation sites is 1. The zero-order chi connectivity index (χ0) is 17.7. The molecule has 25 heavy (non-hydrogen) atoms. The first-order valence-electron chi connectivity index (χ1n) is 7.22. The number of halogens is 1. The van der Waals surface area contributed by atoms with Crippen molar-refractivity contribution in [1.29, 1.82) is 0 Å². The van der Waals surface area contributed by atoms with Crippen LogP contribution in [0.4, 0.5) is 5.69 Å². The summed E-state index contributed by atoms with van der Waals surface area (Å²) in [6.45, 7) is 0. The number of esters is 1. The SMILES string of the molecule is COC(=O)c1sc2c(c1N)c1ccsc1c(=O)n2-c1ccccc1Br. The molecule has 5 nitrogen and oxygen atoms in total. The number of carbonyl (C=O) groups is 1. The van der Waals surface area contributed by atoms with Gasteiger partial charge in [-0.25, -0.2) is 4.79 Å².